The van der Waals surface area contributed by atoms with Crippen LogP contribution in [0.3, 0.4) is 0 Å². The van der Waals surface area contributed by atoms with Gasteiger partial charge in [0.05, 0.1) is 0 Å². The van der Waals surface area contributed by atoms with E-state index in [0.29, 0.717) is 18.3 Å². The third-order valence-electron chi connectivity index (χ3n) is 4.85. The van der Waals surface area contributed by atoms with Gasteiger partial charge >= 0.3 is 0 Å². The fourth-order valence-electron chi connectivity index (χ4n) is 3.30. The van der Waals surface area contributed by atoms with Crippen molar-refractivity contribution in [2.75, 3.05) is 0 Å². The Morgan fingerprint density at radius 2 is 2.00 bits per heavy atom. The second-order valence-corrected chi connectivity index (χ2v) is 6.39. The lowest BCUT2D eigenvalue weighted by Gasteiger charge is -2.52. The van der Waals surface area contributed by atoms with E-state index in [4.69, 9.17) is 0 Å². The highest BCUT2D eigenvalue weighted by Crippen LogP contribution is 2.55. The van der Waals surface area contributed by atoms with Crippen LogP contribution in [0, 0.1) is 17.3 Å². The normalized spacial score (nSPS) is 25.4. The van der Waals surface area contributed by atoms with Gasteiger partial charge in [-0.3, -0.25) is 0 Å². The standard InChI is InChI=1S/C19H24O/c1-15(8-7-11-16-9-5-4-6-10-16)18-14-17(12-13-20)19(18,2)3/h4-11,13,17-18H,12,14H2,1-3H3/b11-7+,15-8-/t17-,18-/m0/s1. The maximum atomic E-state index is 10.7. The van der Waals surface area contributed by atoms with Gasteiger partial charge < -0.3 is 4.79 Å². The van der Waals surface area contributed by atoms with Crippen molar-refractivity contribution in [3.05, 3.63) is 53.6 Å². The number of carbonyl (C=O) groups excluding carboxylic acids is 1. The smallest absolute Gasteiger partial charge is 0.120 e. The molecule has 1 heteroatoms. The molecule has 2 atom stereocenters. The van der Waals surface area contributed by atoms with Gasteiger partial charge in [-0.15, -0.1) is 0 Å². The summed E-state index contributed by atoms with van der Waals surface area (Å²) in [5, 5.41) is 0. The van der Waals surface area contributed by atoms with E-state index < -0.39 is 0 Å². The van der Waals surface area contributed by atoms with Crippen molar-refractivity contribution in [2.24, 2.45) is 17.3 Å². The summed E-state index contributed by atoms with van der Waals surface area (Å²) in [7, 11) is 0. The Morgan fingerprint density at radius 3 is 2.60 bits per heavy atom. The van der Waals surface area contributed by atoms with Gasteiger partial charge in [-0.25, -0.2) is 0 Å². The van der Waals surface area contributed by atoms with Crippen LogP contribution in [-0.4, -0.2) is 6.29 Å². The molecule has 1 aromatic carbocycles. The van der Waals surface area contributed by atoms with Crippen LogP contribution < -0.4 is 0 Å². The highest BCUT2D eigenvalue weighted by Gasteiger charge is 2.47. The zero-order chi connectivity index (χ0) is 14.6. The molecule has 0 radical (unpaired) electrons. The van der Waals surface area contributed by atoms with Crippen LogP contribution in [0.25, 0.3) is 6.08 Å². The molecule has 1 aliphatic rings. The van der Waals surface area contributed by atoms with Crippen LogP contribution in [0.2, 0.25) is 0 Å². The van der Waals surface area contributed by atoms with E-state index in [1.54, 1.807) is 0 Å². The van der Waals surface area contributed by atoms with E-state index in [0.717, 1.165) is 12.7 Å². The van der Waals surface area contributed by atoms with Crippen molar-refractivity contribution in [2.45, 2.75) is 33.6 Å². The van der Waals surface area contributed by atoms with Crippen LogP contribution in [0.5, 0.6) is 0 Å². The fourth-order valence-corrected chi connectivity index (χ4v) is 3.30. The second kappa shape index (κ2) is 6.21. The first-order valence-corrected chi connectivity index (χ1v) is 7.39. The molecule has 0 heterocycles. The molecule has 0 unspecified atom stereocenters. The van der Waals surface area contributed by atoms with Crippen molar-refractivity contribution in [1.29, 1.82) is 0 Å². The molecule has 0 spiro atoms. The highest BCUT2D eigenvalue weighted by atomic mass is 16.1. The molecule has 0 amide bonds. The van der Waals surface area contributed by atoms with Gasteiger partial charge in [0.1, 0.15) is 6.29 Å². The molecule has 1 fully saturated rings. The minimum atomic E-state index is 0.252. The lowest BCUT2D eigenvalue weighted by molar-refractivity contribution is -0.112. The molecule has 1 saturated carbocycles. The summed E-state index contributed by atoms with van der Waals surface area (Å²) in [5.41, 5.74) is 2.90. The monoisotopic (exact) mass is 268 g/mol. The summed E-state index contributed by atoms with van der Waals surface area (Å²) >= 11 is 0. The molecule has 106 valence electrons. The number of aldehydes is 1. The summed E-state index contributed by atoms with van der Waals surface area (Å²) in [6, 6.07) is 10.3. The summed E-state index contributed by atoms with van der Waals surface area (Å²) in [5.74, 6) is 1.15. The minimum Gasteiger partial charge on any atom is -0.303 e. The van der Waals surface area contributed by atoms with Crippen molar-refractivity contribution in [3.8, 4) is 0 Å². The Labute approximate surface area is 122 Å². The summed E-state index contributed by atoms with van der Waals surface area (Å²) < 4.78 is 0. The summed E-state index contributed by atoms with van der Waals surface area (Å²) in [6.07, 6.45) is 9.41. The van der Waals surface area contributed by atoms with Crippen molar-refractivity contribution in [1.82, 2.24) is 0 Å². The topological polar surface area (TPSA) is 17.1 Å². The SMILES string of the molecule is C/C(=C/C=C/c1ccccc1)[C@@H]1C[C@H](CC=O)C1(C)C. The van der Waals surface area contributed by atoms with E-state index in [-0.39, 0.29) is 5.41 Å². The Kier molecular flexibility index (Phi) is 4.59. The number of hydrogen-bond donors (Lipinski definition) is 0. The molecule has 0 saturated heterocycles. The summed E-state index contributed by atoms with van der Waals surface area (Å²) in [4.78, 5) is 10.7. The van der Waals surface area contributed by atoms with Crippen LogP contribution in [0.1, 0.15) is 39.2 Å². The average Bonchev–Trinajstić information content (AvgIpc) is 2.44. The lowest BCUT2D eigenvalue weighted by Crippen LogP contribution is -2.45. The van der Waals surface area contributed by atoms with Gasteiger partial charge in [0.2, 0.25) is 0 Å². The quantitative estimate of drug-likeness (QED) is 0.548. The van der Waals surface area contributed by atoms with Crippen molar-refractivity contribution in [3.63, 3.8) is 0 Å². The van der Waals surface area contributed by atoms with E-state index in [2.05, 4.69) is 63.3 Å². The molecule has 0 aromatic heterocycles. The molecule has 1 aromatic rings. The first-order valence-electron chi connectivity index (χ1n) is 7.39. The van der Waals surface area contributed by atoms with Crippen LogP contribution in [-0.2, 0) is 4.79 Å². The molecule has 1 aliphatic carbocycles. The first kappa shape index (κ1) is 14.8. The number of allylic oxidation sites excluding steroid dienone is 3. The Morgan fingerprint density at radius 1 is 1.30 bits per heavy atom. The zero-order valence-corrected chi connectivity index (χ0v) is 12.7. The van der Waals surface area contributed by atoms with E-state index in [1.807, 2.05) is 6.07 Å². The summed E-state index contributed by atoms with van der Waals surface area (Å²) in [6.45, 7) is 6.78. The number of hydrogen-bond acceptors (Lipinski definition) is 1. The third kappa shape index (κ3) is 3.09. The van der Waals surface area contributed by atoms with E-state index >= 15 is 0 Å². The zero-order valence-electron chi connectivity index (χ0n) is 12.7. The molecule has 1 nitrogen and oxygen atoms in total. The Bertz CT molecular complexity index is 508. The van der Waals surface area contributed by atoms with Crippen LogP contribution >= 0.6 is 0 Å². The van der Waals surface area contributed by atoms with Crippen LogP contribution in [0.4, 0.5) is 0 Å². The second-order valence-electron chi connectivity index (χ2n) is 6.39. The molecular formula is C19H24O. The van der Waals surface area contributed by atoms with Gasteiger partial charge in [0, 0.05) is 6.42 Å². The number of benzene rings is 1. The predicted molar refractivity (Wildman–Crippen MR) is 85.3 cm³/mol. The van der Waals surface area contributed by atoms with Crippen molar-refractivity contribution >= 4 is 12.4 Å². The van der Waals surface area contributed by atoms with Gasteiger partial charge in [-0.2, -0.15) is 0 Å². The molecule has 0 aliphatic heterocycles. The van der Waals surface area contributed by atoms with Crippen molar-refractivity contribution < 1.29 is 4.79 Å². The minimum absolute atomic E-state index is 0.252. The molecule has 0 bridgehead atoms. The molecule has 2 rings (SSSR count). The van der Waals surface area contributed by atoms with Gasteiger partial charge in [-0.1, -0.05) is 68.0 Å². The Balaban J connectivity index is 1.98. The van der Waals surface area contributed by atoms with Gasteiger partial charge in [-0.05, 0) is 36.2 Å². The maximum absolute atomic E-state index is 10.7. The predicted octanol–water partition coefficient (Wildman–Crippen LogP) is 4.90. The molecular weight excluding hydrogens is 244 g/mol. The first-order chi connectivity index (χ1) is 9.55. The Hall–Kier alpha value is -1.63. The van der Waals surface area contributed by atoms with E-state index in [1.165, 1.54) is 11.1 Å². The largest absolute Gasteiger partial charge is 0.303 e. The number of rotatable bonds is 5. The van der Waals surface area contributed by atoms with Crippen LogP contribution in [0.15, 0.2) is 48.1 Å². The third-order valence-corrected chi connectivity index (χ3v) is 4.85. The molecule has 20 heavy (non-hydrogen) atoms. The van der Waals surface area contributed by atoms with Gasteiger partial charge in [0.15, 0.2) is 0 Å². The average molecular weight is 268 g/mol. The molecule has 0 N–H and O–H groups in total. The lowest BCUT2D eigenvalue weighted by atomic mass is 9.52. The fraction of sp³-hybridized carbons (Fsp3) is 0.421. The van der Waals surface area contributed by atoms with E-state index in [9.17, 15) is 4.79 Å². The highest BCUT2D eigenvalue weighted by molar-refractivity contribution is 5.52. The van der Waals surface area contributed by atoms with Gasteiger partial charge in [0.25, 0.3) is 0 Å². The number of carbonyl (C=O) groups is 1. The maximum Gasteiger partial charge on any atom is 0.120 e.